The number of hydrogen-bond donors (Lipinski definition) is 2. The lowest BCUT2D eigenvalue weighted by Crippen LogP contribution is -2.49. The smallest absolute Gasteiger partial charge is 0.191 e. The Kier molecular flexibility index (Phi) is 6.59. The quantitative estimate of drug-likeness (QED) is 0.577. The standard InChI is InChI=1S/C19H33N5S/c1-4-20-19(21-14-17(23(2)3)15-7-8-15)22-16-9-11-24(12-10-16)18-6-5-13-25-18/h5-6,13,15-17H,4,7-12,14H2,1-3H3,(H2,20,21,22). The van der Waals surface area contributed by atoms with E-state index < -0.39 is 0 Å². The van der Waals surface area contributed by atoms with E-state index in [1.165, 1.54) is 30.7 Å². The first-order valence-corrected chi connectivity index (χ1v) is 10.5. The molecule has 2 heterocycles. The van der Waals surface area contributed by atoms with Crippen LogP contribution in [-0.4, -0.2) is 63.2 Å². The Bertz CT molecular complexity index is 528. The minimum atomic E-state index is 0.521. The van der Waals surface area contributed by atoms with Crippen molar-refractivity contribution < 1.29 is 0 Å². The van der Waals surface area contributed by atoms with E-state index in [0.717, 1.165) is 38.1 Å². The number of aliphatic imine (C=N–C) groups is 1. The molecule has 1 aromatic heterocycles. The van der Waals surface area contributed by atoms with Gasteiger partial charge in [0.05, 0.1) is 11.5 Å². The first-order valence-electron chi connectivity index (χ1n) is 9.67. The van der Waals surface area contributed by atoms with Crippen molar-refractivity contribution in [1.29, 1.82) is 0 Å². The molecule has 2 N–H and O–H groups in total. The van der Waals surface area contributed by atoms with Crippen LogP contribution in [0.2, 0.25) is 0 Å². The Morgan fingerprint density at radius 2 is 2.08 bits per heavy atom. The normalized spacial score (nSPS) is 20.8. The Hall–Kier alpha value is -1.27. The molecule has 0 aromatic carbocycles. The molecule has 25 heavy (non-hydrogen) atoms. The van der Waals surface area contributed by atoms with Crippen molar-refractivity contribution in [3.8, 4) is 0 Å². The third-order valence-corrected chi connectivity index (χ3v) is 6.19. The van der Waals surface area contributed by atoms with Crippen molar-refractivity contribution in [3.63, 3.8) is 0 Å². The maximum atomic E-state index is 4.90. The monoisotopic (exact) mass is 363 g/mol. The van der Waals surface area contributed by atoms with Crippen LogP contribution in [0, 0.1) is 5.92 Å². The molecule has 1 aliphatic carbocycles. The maximum Gasteiger partial charge on any atom is 0.191 e. The predicted molar refractivity (Wildman–Crippen MR) is 109 cm³/mol. The van der Waals surface area contributed by atoms with Crippen LogP contribution in [0.5, 0.6) is 0 Å². The molecule has 2 aliphatic rings. The minimum Gasteiger partial charge on any atom is -0.363 e. The molecule has 1 saturated carbocycles. The van der Waals surface area contributed by atoms with Crippen LogP contribution in [-0.2, 0) is 0 Å². The number of piperidine rings is 1. The van der Waals surface area contributed by atoms with E-state index in [0.29, 0.717) is 12.1 Å². The Morgan fingerprint density at radius 3 is 2.64 bits per heavy atom. The van der Waals surface area contributed by atoms with Gasteiger partial charge in [0.15, 0.2) is 5.96 Å². The van der Waals surface area contributed by atoms with Gasteiger partial charge in [0.25, 0.3) is 0 Å². The molecule has 3 rings (SSSR count). The number of hydrogen-bond acceptors (Lipinski definition) is 4. The van der Waals surface area contributed by atoms with Gasteiger partial charge in [0, 0.05) is 31.7 Å². The molecular weight excluding hydrogens is 330 g/mol. The summed E-state index contributed by atoms with van der Waals surface area (Å²) in [5.74, 6) is 1.83. The average Bonchev–Trinajstić information content (AvgIpc) is 3.28. The zero-order valence-corrected chi connectivity index (χ0v) is 16.7. The molecule has 0 radical (unpaired) electrons. The zero-order valence-electron chi connectivity index (χ0n) is 15.9. The highest BCUT2D eigenvalue weighted by molar-refractivity contribution is 7.14. The lowest BCUT2D eigenvalue weighted by molar-refractivity contribution is 0.271. The molecule has 2 fully saturated rings. The molecule has 1 aliphatic heterocycles. The van der Waals surface area contributed by atoms with Crippen LogP contribution in [0.3, 0.4) is 0 Å². The summed E-state index contributed by atoms with van der Waals surface area (Å²) in [6.07, 6.45) is 5.07. The summed E-state index contributed by atoms with van der Waals surface area (Å²) in [7, 11) is 4.36. The maximum absolute atomic E-state index is 4.90. The van der Waals surface area contributed by atoms with E-state index in [1.54, 1.807) is 0 Å². The summed E-state index contributed by atoms with van der Waals surface area (Å²) in [6.45, 7) is 6.19. The summed E-state index contributed by atoms with van der Waals surface area (Å²) in [4.78, 5) is 9.74. The summed E-state index contributed by atoms with van der Waals surface area (Å²) < 4.78 is 0. The molecule has 140 valence electrons. The van der Waals surface area contributed by atoms with Gasteiger partial charge in [-0.05, 0) is 70.1 Å². The highest BCUT2D eigenvalue weighted by atomic mass is 32.1. The largest absolute Gasteiger partial charge is 0.363 e. The van der Waals surface area contributed by atoms with Crippen molar-refractivity contribution in [3.05, 3.63) is 17.5 Å². The first-order chi connectivity index (χ1) is 12.2. The van der Waals surface area contributed by atoms with Crippen LogP contribution < -0.4 is 15.5 Å². The topological polar surface area (TPSA) is 42.9 Å². The van der Waals surface area contributed by atoms with Gasteiger partial charge in [-0.1, -0.05) is 0 Å². The minimum absolute atomic E-state index is 0.521. The second kappa shape index (κ2) is 8.90. The summed E-state index contributed by atoms with van der Waals surface area (Å²) in [5, 5.41) is 10.7. The van der Waals surface area contributed by atoms with Crippen molar-refractivity contribution >= 4 is 22.3 Å². The van der Waals surface area contributed by atoms with Gasteiger partial charge in [-0.3, -0.25) is 4.99 Å². The molecular formula is C19H33N5S. The van der Waals surface area contributed by atoms with Crippen LogP contribution in [0.4, 0.5) is 5.00 Å². The van der Waals surface area contributed by atoms with E-state index in [4.69, 9.17) is 4.99 Å². The summed E-state index contributed by atoms with van der Waals surface area (Å²) in [6, 6.07) is 5.47. The highest BCUT2D eigenvalue weighted by Crippen LogP contribution is 2.34. The van der Waals surface area contributed by atoms with Gasteiger partial charge >= 0.3 is 0 Å². The van der Waals surface area contributed by atoms with Gasteiger partial charge in [-0.15, -0.1) is 11.3 Å². The lowest BCUT2D eigenvalue weighted by Gasteiger charge is -2.33. The van der Waals surface area contributed by atoms with Crippen molar-refractivity contribution in [2.45, 2.75) is 44.7 Å². The predicted octanol–water partition coefficient (Wildman–Crippen LogP) is 2.61. The number of anilines is 1. The van der Waals surface area contributed by atoms with Gasteiger partial charge in [0.1, 0.15) is 0 Å². The first kappa shape index (κ1) is 18.5. The fourth-order valence-corrected chi connectivity index (χ4v) is 4.39. The van der Waals surface area contributed by atoms with Crippen LogP contribution in [0.15, 0.2) is 22.5 Å². The van der Waals surface area contributed by atoms with Crippen molar-refractivity contribution in [2.75, 3.05) is 45.2 Å². The van der Waals surface area contributed by atoms with Gasteiger partial charge in [0.2, 0.25) is 0 Å². The van der Waals surface area contributed by atoms with Gasteiger partial charge in [-0.25, -0.2) is 0 Å². The molecule has 6 heteroatoms. The van der Waals surface area contributed by atoms with Crippen LogP contribution in [0.1, 0.15) is 32.6 Å². The van der Waals surface area contributed by atoms with Crippen molar-refractivity contribution in [2.24, 2.45) is 10.9 Å². The molecule has 1 saturated heterocycles. The van der Waals surface area contributed by atoms with E-state index >= 15 is 0 Å². The van der Waals surface area contributed by atoms with E-state index in [9.17, 15) is 0 Å². The second-order valence-electron chi connectivity index (χ2n) is 7.44. The molecule has 0 amide bonds. The van der Waals surface area contributed by atoms with Gasteiger partial charge in [-0.2, -0.15) is 0 Å². The highest BCUT2D eigenvalue weighted by Gasteiger charge is 2.32. The number of nitrogens with one attached hydrogen (secondary N) is 2. The number of thiophene rings is 1. The molecule has 1 aromatic rings. The van der Waals surface area contributed by atoms with E-state index in [1.807, 2.05) is 11.3 Å². The number of guanidine groups is 1. The summed E-state index contributed by atoms with van der Waals surface area (Å²) >= 11 is 1.84. The molecule has 1 unspecified atom stereocenters. The molecule has 1 atom stereocenters. The summed E-state index contributed by atoms with van der Waals surface area (Å²) in [5.41, 5.74) is 0. The number of nitrogens with zero attached hydrogens (tertiary/aromatic N) is 3. The van der Waals surface area contributed by atoms with E-state index in [-0.39, 0.29) is 0 Å². The fraction of sp³-hybridized carbons (Fsp3) is 0.737. The SMILES string of the molecule is CCNC(=NCC(C1CC1)N(C)C)NC1CCN(c2cccs2)CC1. The van der Waals surface area contributed by atoms with Crippen LogP contribution >= 0.6 is 11.3 Å². The Morgan fingerprint density at radius 1 is 1.32 bits per heavy atom. The van der Waals surface area contributed by atoms with Crippen LogP contribution in [0.25, 0.3) is 0 Å². The fourth-order valence-electron chi connectivity index (χ4n) is 3.61. The average molecular weight is 364 g/mol. The molecule has 5 nitrogen and oxygen atoms in total. The Labute approximate surface area is 156 Å². The molecule has 0 spiro atoms. The van der Waals surface area contributed by atoms with Gasteiger partial charge < -0.3 is 20.4 Å². The Balaban J connectivity index is 1.50. The lowest BCUT2D eigenvalue weighted by atomic mass is 10.1. The third-order valence-electron chi connectivity index (χ3n) is 5.26. The van der Waals surface area contributed by atoms with Crippen molar-refractivity contribution in [1.82, 2.24) is 15.5 Å². The zero-order chi connectivity index (χ0) is 17.6. The molecule has 0 bridgehead atoms. The number of rotatable bonds is 7. The van der Waals surface area contributed by atoms with E-state index in [2.05, 4.69) is 59.0 Å². The number of likely N-dealkylation sites (N-methyl/N-ethyl adjacent to an activating group) is 1. The second-order valence-corrected chi connectivity index (χ2v) is 8.37. The third kappa shape index (κ3) is 5.35.